The summed E-state index contributed by atoms with van der Waals surface area (Å²) in [6.45, 7) is 1.54. The molecule has 1 heterocycles. The predicted octanol–water partition coefficient (Wildman–Crippen LogP) is 0.274. The Bertz CT molecular complexity index is 289. The number of hydrogen-bond donors (Lipinski definition) is 0. The molecule has 0 aromatic carbocycles. The zero-order valence-electron chi connectivity index (χ0n) is 7.48. The van der Waals surface area contributed by atoms with Crippen molar-refractivity contribution in [2.45, 2.75) is 0 Å². The Morgan fingerprint density at radius 2 is 2.08 bits per heavy atom. The first-order chi connectivity index (χ1) is 6.09. The van der Waals surface area contributed by atoms with Gasteiger partial charge in [-0.05, 0) is 0 Å². The molecule has 0 N–H and O–H groups in total. The van der Waals surface area contributed by atoms with E-state index in [2.05, 4.69) is 0 Å². The van der Waals surface area contributed by atoms with Crippen LogP contribution in [-0.4, -0.2) is 49.6 Å². The second-order valence-electron chi connectivity index (χ2n) is 2.81. The molecule has 13 heavy (non-hydrogen) atoms. The van der Waals surface area contributed by atoms with Crippen LogP contribution < -0.4 is 0 Å². The van der Waals surface area contributed by atoms with Crippen molar-refractivity contribution in [3.8, 4) is 0 Å². The summed E-state index contributed by atoms with van der Waals surface area (Å²) < 4.78 is 25.7. The van der Waals surface area contributed by atoms with Gasteiger partial charge in [-0.1, -0.05) is 12.2 Å². The fourth-order valence-corrected chi connectivity index (χ4v) is 2.54. The molecule has 0 aromatic heterocycles. The smallest absolute Gasteiger partial charge is 0.195 e. The van der Waals surface area contributed by atoms with Gasteiger partial charge >= 0.3 is 0 Å². The normalized spacial score (nSPS) is 24.5. The minimum atomic E-state index is -3.17. The second kappa shape index (κ2) is 4.41. The van der Waals surface area contributed by atoms with E-state index >= 15 is 0 Å². The molecule has 0 unspecified atom stereocenters. The molecule has 6 heteroatoms. The maximum absolute atomic E-state index is 11.5. The first-order valence-electron chi connectivity index (χ1n) is 4.01. The van der Waals surface area contributed by atoms with E-state index in [0.717, 1.165) is 0 Å². The topological polar surface area (TPSA) is 40.6 Å². The molecule has 0 bridgehead atoms. The second-order valence-corrected chi connectivity index (χ2v) is 5.16. The van der Waals surface area contributed by atoms with E-state index in [-0.39, 0.29) is 0 Å². The number of alkyl halides is 1. The highest BCUT2D eigenvalue weighted by atomic mass is 35.5. The van der Waals surface area contributed by atoms with Crippen molar-refractivity contribution in [3.05, 3.63) is 12.2 Å². The van der Waals surface area contributed by atoms with Crippen LogP contribution in [0.3, 0.4) is 0 Å². The molecular weight excluding hydrogens is 212 g/mol. The van der Waals surface area contributed by atoms with Crippen LogP contribution in [0.5, 0.6) is 0 Å². The van der Waals surface area contributed by atoms with Gasteiger partial charge < -0.3 is 0 Å². The monoisotopic (exact) mass is 224 g/mol. The summed E-state index contributed by atoms with van der Waals surface area (Å²) in [7, 11) is -1.59. The number of likely N-dealkylation sites (N-methyl/N-ethyl adjacent to an activating group) is 1. The van der Waals surface area contributed by atoms with Gasteiger partial charge in [0.15, 0.2) is 0 Å². The summed E-state index contributed by atoms with van der Waals surface area (Å²) in [4.78, 5) is 0. The van der Waals surface area contributed by atoms with E-state index in [4.69, 9.17) is 11.6 Å². The zero-order valence-corrected chi connectivity index (χ0v) is 9.05. The molecule has 0 aromatic rings. The molecule has 1 fully saturated rings. The lowest BCUT2D eigenvalue weighted by Crippen LogP contribution is -2.30. The summed E-state index contributed by atoms with van der Waals surface area (Å²) in [5, 5.41) is 0. The van der Waals surface area contributed by atoms with Gasteiger partial charge in [0.25, 0.3) is 10.2 Å². The van der Waals surface area contributed by atoms with Gasteiger partial charge in [0, 0.05) is 32.6 Å². The lowest BCUT2D eigenvalue weighted by atomic mass is 10.5. The van der Waals surface area contributed by atoms with Crippen LogP contribution in [0.2, 0.25) is 0 Å². The standard InChI is InChI=1S/C7H13ClN2O2S/c1-9-6-7-10(13(9,11)12)5-3-2-4-8/h2-3H,4-7H2,1H3/b3-2+. The predicted molar refractivity (Wildman–Crippen MR) is 53.0 cm³/mol. The van der Waals surface area contributed by atoms with Gasteiger partial charge in [-0.2, -0.15) is 17.0 Å². The van der Waals surface area contributed by atoms with Gasteiger partial charge in [0.2, 0.25) is 0 Å². The number of allylic oxidation sites excluding steroid dienone is 1. The number of hydrogen-bond acceptors (Lipinski definition) is 2. The molecular formula is C7H13ClN2O2S. The number of nitrogens with zero attached hydrogens (tertiary/aromatic N) is 2. The average Bonchev–Trinajstić information content (AvgIpc) is 2.32. The van der Waals surface area contributed by atoms with Gasteiger partial charge in [-0.25, -0.2) is 0 Å². The van der Waals surface area contributed by atoms with Crippen LogP contribution in [0.25, 0.3) is 0 Å². The maximum atomic E-state index is 11.5. The summed E-state index contributed by atoms with van der Waals surface area (Å²) in [5.41, 5.74) is 0. The summed E-state index contributed by atoms with van der Waals surface area (Å²) in [5.74, 6) is 0.420. The van der Waals surface area contributed by atoms with Crippen molar-refractivity contribution >= 4 is 21.8 Å². The van der Waals surface area contributed by atoms with E-state index in [1.165, 1.54) is 8.61 Å². The van der Waals surface area contributed by atoms with Crippen LogP contribution in [0.1, 0.15) is 0 Å². The van der Waals surface area contributed by atoms with Gasteiger partial charge in [-0.15, -0.1) is 11.6 Å². The molecule has 1 aliphatic rings. The molecule has 0 aliphatic carbocycles. The van der Waals surface area contributed by atoms with Gasteiger partial charge in [0.05, 0.1) is 0 Å². The number of halogens is 1. The van der Waals surface area contributed by atoms with E-state index in [0.29, 0.717) is 25.5 Å². The van der Waals surface area contributed by atoms with E-state index in [1.54, 1.807) is 19.2 Å². The zero-order chi connectivity index (χ0) is 9.90. The first-order valence-corrected chi connectivity index (χ1v) is 5.94. The van der Waals surface area contributed by atoms with Crippen molar-refractivity contribution in [3.63, 3.8) is 0 Å². The third-order valence-electron chi connectivity index (χ3n) is 1.95. The van der Waals surface area contributed by atoms with Crippen LogP contribution >= 0.6 is 11.6 Å². The number of rotatable bonds is 3. The van der Waals surface area contributed by atoms with E-state index < -0.39 is 10.2 Å². The molecule has 0 atom stereocenters. The SMILES string of the molecule is CN1CCN(C/C=C/CCl)S1(=O)=O. The molecule has 76 valence electrons. The van der Waals surface area contributed by atoms with Crippen LogP contribution in [0.15, 0.2) is 12.2 Å². The third kappa shape index (κ3) is 2.43. The van der Waals surface area contributed by atoms with E-state index in [1.807, 2.05) is 0 Å². The minimum Gasteiger partial charge on any atom is -0.195 e. The van der Waals surface area contributed by atoms with Crippen molar-refractivity contribution in [2.75, 3.05) is 32.6 Å². The average molecular weight is 225 g/mol. The van der Waals surface area contributed by atoms with Crippen LogP contribution in [-0.2, 0) is 10.2 Å². The lowest BCUT2D eigenvalue weighted by Gasteiger charge is -2.13. The Hall–Kier alpha value is -0.100. The highest BCUT2D eigenvalue weighted by Gasteiger charge is 2.32. The van der Waals surface area contributed by atoms with Crippen molar-refractivity contribution in [1.82, 2.24) is 8.61 Å². The van der Waals surface area contributed by atoms with Gasteiger partial charge in [0.1, 0.15) is 0 Å². The minimum absolute atomic E-state index is 0.416. The quantitative estimate of drug-likeness (QED) is 0.510. The Morgan fingerprint density at radius 3 is 2.54 bits per heavy atom. The molecule has 0 radical (unpaired) electrons. The molecule has 1 aliphatic heterocycles. The van der Waals surface area contributed by atoms with E-state index in [9.17, 15) is 8.42 Å². The Balaban J connectivity index is 2.58. The van der Waals surface area contributed by atoms with Crippen LogP contribution in [0, 0.1) is 0 Å². The van der Waals surface area contributed by atoms with Crippen LogP contribution in [0.4, 0.5) is 0 Å². The molecule has 0 saturated carbocycles. The summed E-state index contributed by atoms with van der Waals surface area (Å²) in [6, 6.07) is 0. The highest BCUT2D eigenvalue weighted by Crippen LogP contribution is 2.12. The summed E-state index contributed by atoms with van der Waals surface area (Å²) in [6.07, 6.45) is 3.51. The summed E-state index contributed by atoms with van der Waals surface area (Å²) >= 11 is 5.42. The Kier molecular flexibility index (Phi) is 3.73. The Labute approximate surface area is 84.0 Å². The van der Waals surface area contributed by atoms with Crippen molar-refractivity contribution < 1.29 is 8.42 Å². The fourth-order valence-electron chi connectivity index (χ4n) is 1.12. The Morgan fingerprint density at radius 1 is 1.38 bits per heavy atom. The van der Waals surface area contributed by atoms with Gasteiger partial charge in [-0.3, -0.25) is 0 Å². The lowest BCUT2D eigenvalue weighted by molar-refractivity contribution is 0.478. The third-order valence-corrected chi connectivity index (χ3v) is 4.08. The highest BCUT2D eigenvalue weighted by molar-refractivity contribution is 7.87. The largest absolute Gasteiger partial charge is 0.282 e. The maximum Gasteiger partial charge on any atom is 0.282 e. The molecule has 4 nitrogen and oxygen atoms in total. The van der Waals surface area contributed by atoms with Crippen molar-refractivity contribution in [1.29, 1.82) is 0 Å². The first kappa shape index (κ1) is 11.0. The fraction of sp³-hybridized carbons (Fsp3) is 0.714. The molecule has 0 spiro atoms. The van der Waals surface area contributed by atoms with Crippen molar-refractivity contribution in [2.24, 2.45) is 0 Å². The molecule has 1 saturated heterocycles. The molecule has 1 rings (SSSR count). The molecule has 0 amide bonds.